The van der Waals surface area contributed by atoms with Gasteiger partial charge < -0.3 is 16.8 Å². The van der Waals surface area contributed by atoms with Crippen molar-refractivity contribution in [3.8, 4) is 0 Å². The van der Waals surface area contributed by atoms with Gasteiger partial charge in [0.05, 0.1) is 0 Å². The van der Waals surface area contributed by atoms with E-state index in [0.717, 1.165) is 21.8 Å². The van der Waals surface area contributed by atoms with Gasteiger partial charge in [-0.25, -0.2) is 19.9 Å². The molecule has 0 fully saturated rings. The molecule has 5 N–H and O–H groups in total. The highest BCUT2D eigenvalue weighted by molar-refractivity contribution is 7.99. The van der Waals surface area contributed by atoms with Crippen LogP contribution in [0.3, 0.4) is 0 Å². The van der Waals surface area contributed by atoms with Gasteiger partial charge in [0, 0.05) is 18.0 Å². The molecule has 0 aliphatic carbocycles. The molecule has 108 valence electrons. The molecule has 0 aliphatic heterocycles. The van der Waals surface area contributed by atoms with Crippen molar-refractivity contribution in [2.75, 3.05) is 23.3 Å². The average molecular weight is 319 g/mol. The maximum atomic E-state index is 5.70. The Balaban J connectivity index is 2.04. The Hall–Kier alpha value is -2.13. The second-order valence-electron chi connectivity index (χ2n) is 4.12. The van der Waals surface area contributed by atoms with E-state index in [-0.39, 0.29) is 0 Å². The lowest BCUT2D eigenvalue weighted by Gasteiger charge is -2.06. The van der Waals surface area contributed by atoms with Crippen LogP contribution in [-0.4, -0.2) is 26.5 Å². The van der Waals surface area contributed by atoms with E-state index in [0.29, 0.717) is 22.7 Å². The fourth-order valence-corrected chi connectivity index (χ4v) is 3.45. The van der Waals surface area contributed by atoms with E-state index in [1.165, 1.54) is 17.8 Å². The molecule has 0 amide bonds. The number of nitrogens with two attached hydrogens (primary N) is 2. The summed E-state index contributed by atoms with van der Waals surface area (Å²) in [5.41, 5.74) is 11.4. The van der Waals surface area contributed by atoms with Crippen LogP contribution in [0.15, 0.2) is 27.7 Å². The highest BCUT2D eigenvalue weighted by Gasteiger charge is 2.12. The molecule has 3 rings (SSSR count). The number of hydrogen-bond acceptors (Lipinski definition) is 9. The summed E-state index contributed by atoms with van der Waals surface area (Å²) in [5.74, 6) is 1.27. The van der Waals surface area contributed by atoms with Gasteiger partial charge in [-0.3, -0.25) is 0 Å². The number of aromatic nitrogens is 4. The molecule has 0 saturated carbocycles. The Bertz CT molecular complexity index is 766. The summed E-state index contributed by atoms with van der Waals surface area (Å²) in [5, 5.41) is 7.32. The van der Waals surface area contributed by atoms with E-state index in [1.807, 2.05) is 18.4 Å². The molecule has 3 heterocycles. The molecule has 0 unspecified atom stereocenters. The van der Waals surface area contributed by atoms with Crippen molar-refractivity contribution in [3.05, 3.63) is 17.5 Å². The first-order chi connectivity index (χ1) is 10.2. The van der Waals surface area contributed by atoms with Crippen molar-refractivity contribution in [1.29, 1.82) is 0 Å². The van der Waals surface area contributed by atoms with Crippen LogP contribution in [-0.2, 0) is 0 Å². The third kappa shape index (κ3) is 2.98. The minimum Gasteiger partial charge on any atom is -0.383 e. The van der Waals surface area contributed by atoms with E-state index in [4.69, 9.17) is 11.5 Å². The van der Waals surface area contributed by atoms with Gasteiger partial charge >= 0.3 is 0 Å². The maximum Gasteiger partial charge on any atom is 0.225 e. The first-order valence-electron chi connectivity index (χ1n) is 6.22. The second-order valence-corrected chi connectivity index (χ2v) is 5.97. The van der Waals surface area contributed by atoms with Gasteiger partial charge in [-0.1, -0.05) is 0 Å². The zero-order valence-corrected chi connectivity index (χ0v) is 12.8. The van der Waals surface area contributed by atoms with Crippen LogP contribution < -0.4 is 16.8 Å². The molecule has 0 atom stereocenters. The quantitative estimate of drug-likeness (QED) is 0.495. The Kier molecular flexibility index (Phi) is 3.76. The number of hydrogen-bond donors (Lipinski definition) is 3. The largest absolute Gasteiger partial charge is 0.383 e. The van der Waals surface area contributed by atoms with Crippen molar-refractivity contribution < 1.29 is 0 Å². The predicted molar refractivity (Wildman–Crippen MR) is 86.6 cm³/mol. The van der Waals surface area contributed by atoms with Gasteiger partial charge in [0.1, 0.15) is 21.5 Å². The Morgan fingerprint density at radius 2 is 1.95 bits per heavy atom. The molecular formula is C12H13N7S2. The molecule has 0 aliphatic rings. The number of rotatable bonds is 4. The van der Waals surface area contributed by atoms with Gasteiger partial charge in [-0.15, -0.1) is 11.3 Å². The number of nitrogen functional groups attached to an aromatic ring is 2. The van der Waals surface area contributed by atoms with Crippen LogP contribution in [0.5, 0.6) is 0 Å². The lowest BCUT2D eigenvalue weighted by Crippen LogP contribution is -2.03. The number of thiophene rings is 1. The number of fused-ring (bicyclic) bond motifs is 1. The van der Waals surface area contributed by atoms with E-state index in [1.54, 1.807) is 11.3 Å². The minimum absolute atomic E-state index is 0.340. The van der Waals surface area contributed by atoms with Crippen molar-refractivity contribution in [2.24, 2.45) is 0 Å². The molecule has 0 saturated heterocycles. The molecule has 0 radical (unpaired) electrons. The third-order valence-electron chi connectivity index (χ3n) is 2.56. The van der Waals surface area contributed by atoms with Crippen molar-refractivity contribution >= 4 is 50.9 Å². The second kappa shape index (κ2) is 5.70. The Morgan fingerprint density at radius 3 is 2.67 bits per heavy atom. The predicted octanol–water partition coefficient (Wildman–Crippen LogP) is 2.23. The van der Waals surface area contributed by atoms with Gasteiger partial charge in [0.15, 0.2) is 5.16 Å². The number of anilines is 3. The van der Waals surface area contributed by atoms with E-state index in [9.17, 15) is 0 Å². The zero-order chi connectivity index (χ0) is 14.8. The molecular weight excluding hydrogens is 306 g/mol. The van der Waals surface area contributed by atoms with Crippen LogP contribution >= 0.6 is 23.1 Å². The smallest absolute Gasteiger partial charge is 0.225 e. The summed E-state index contributed by atoms with van der Waals surface area (Å²) in [6.45, 7) is 2.75. The van der Waals surface area contributed by atoms with Crippen LogP contribution in [0.2, 0.25) is 0 Å². The Labute approximate surface area is 129 Å². The fraction of sp³-hybridized carbons (Fsp3) is 0.167. The van der Waals surface area contributed by atoms with Crippen LogP contribution in [0, 0.1) is 0 Å². The summed E-state index contributed by atoms with van der Waals surface area (Å²) in [7, 11) is 0. The SMILES string of the molecule is CCNc1nc(Sc2nc(N)cc(N)n2)c2ccsc2n1. The van der Waals surface area contributed by atoms with Gasteiger partial charge in [-0.2, -0.15) is 0 Å². The summed E-state index contributed by atoms with van der Waals surface area (Å²) < 4.78 is 0. The summed E-state index contributed by atoms with van der Waals surface area (Å²) in [6, 6.07) is 3.50. The fourth-order valence-electron chi connectivity index (χ4n) is 1.74. The summed E-state index contributed by atoms with van der Waals surface area (Å²) in [6.07, 6.45) is 0. The minimum atomic E-state index is 0.340. The molecule has 0 aromatic carbocycles. The third-order valence-corrected chi connectivity index (χ3v) is 4.23. The van der Waals surface area contributed by atoms with Gasteiger partial charge in [0.2, 0.25) is 5.95 Å². The topological polar surface area (TPSA) is 116 Å². The number of nitrogens with zero attached hydrogens (tertiary/aromatic N) is 4. The lowest BCUT2D eigenvalue weighted by atomic mass is 10.4. The first kappa shape index (κ1) is 13.8. The van der Waals surface area contributed by atoms with Crippen molar-refractivity contribution in [1.82, 2.24) is 19.9 Å². The van der Waals surface area contributed by atoms with E-state index >= 15 is 0 Å². The molecule has 9 heteroatoms. The maximum absolute atomic E-state index is 5.70. The molecule has 21 heavy (non-hydrogen) atoms. The zero-order valence-electron chi connectivity index (χ0n) is 11.2. The highest BCUT2D eigenvalue weighted by atomic mass is 32.2. The molecule has 7 nitrogen and oxygen atoms in total. The first-order valence-corrected chi connectivity index (χ1v) is 7.92. The van der Waals surface area contributed by atoms with Crippen LogP contribution in [0.25, 0.3) is 10.2 Å². The lowest BCUT2D eigenvalue weighted by molar-refractivity contribution is 0.976. The monoisotopic (exact) mass is 319 g/mol. The van der Waals surface area contributed by atoms with Gasteiger partial charge in [-0.05, 0) is 30.1 Å². The standard InChI is InChI=1S/C12H13N7S2/c1-2-15-11-18-9-6(3-4-20-9)10(19-11)21-12-16-7(13)5-8(14)17-12/h3-5H,2H2,1H3,(H,15,18,19)(H4,13,14,16,17). The molecule has 3 aromatic heterocycles. The van der Waals surface area contributed by atoms with Crippen molar-refractivity contribution in [2.45, 2.75) is 17.1 Å². The average Bonchev–Trinajstić information content (AvgIpc) is 2.86. The Morgan fingerprint density at radius 1 is 1.19 bits per heavy atom. The normalized spacial score (nSPS) is 10.9. The van der Waals surface area contributed by atoms with Crippen LogP contribution in [0.1, 0.15) is 6.92 Å². The summed E-state index contributed by atoms with van der Waals surface area (Å²) >= 11 is 2.89. The highest BCUT2D eigenvalue weighted by Crippen LogP contribution is 2.33. The molecule has 0 bridgehead atoms. The summed E-state index contributed by atoms with van der Waals surface area (Å²) in [4.78, 5) is 18.2. The molecule has 0 spiro atoms. The van der Waals surface area contributed by atoms with Gasteiger partial charge in [0.25, 0.3) is 0 Å². The number of nitrogens with one attached hydrogen (secondary N) is 1. The van der Waals surface area contributed by atoms with E-state index in [2.05, 4.69) is 25.3 Å². The van der Waals surface area contributed by atoms with Crippen LogP contribution in [0.4, 0.5) is 17.6 Å². The van der Waals surface area contributed by atoms with E-state index < -0.39 is 0 Å². The van der Waals surface area contributed by atoms with Crippen molar-refractivity contribution in [3.63, 3.8) is 0 Å². The molecule has 3 aromatic rings.